The van der Waals surface area contributed by atoms with Crippen molar-refractivity contribution in [2.45, 2.75) is 32.1 Å². The summed E-state index contributed by atoms with van der Waals surface area (Å²) in [5.41, 5.74) is 7.72. The second-order valence-corrected chi connectivity index (χ2v) is 5.09. The zero-order valence-corrected chi connectivity index (χ0v) is 13.4. The highest BCUT2D eigenvalue weighted by Gasteiger charge is 2.03. The number of rotatable bonds is 8. The lowest BCUT2D eigenvalue weighted by Gasteiger charge is -2.05. The van der Waals surface area contributed by atoms with E-state index in [1.54, 1.807) is 6.20 Å². The van der Waals surface area contributed by atoms with Gasteiger partial charge in [0.1, 0.15) is 0 Å². The number of aryl methyl sites for hydroxylation is 2. The van der Waals surface area contributed by atoms with Gasteiger partial charge in [-0.05, 0) is 31.2 Å². The van der Waals surface area contributed by atoms with Crippen LogP contribution in [0.2, 0.25) is 0 Å². The van der Waals surface area contributed by atoms with Crippen LogP contribution in [-0.4, -0.2) is 22.4 Å². The standard InChI is InChI=1S/C16H22N4O.ClH/c17-16-19-12-14(20-16)9-10-15(21)18-11-5-4-8-13-6-2-1-3-7-13;/h1-3,6-7,12H,4-5,8-11H2,(H,18,21)(H3,17,19,20);1H. The van der Waals surface area contributed by atoms with E-state index >= 15 is 0 Å². The fourth-order valence-electron chi connectivity index (χ4n) is 2.17. The molecule has 120 valence electrons. The summed E-state index contributed by atoms with van der Waals surface area (Å²) in [6.07, 6.45) is 5.91. The van der Waals surface area contributed by atoms with Crippen LogP contribution in [0.1, 0.15) is 30.5 Å². The first kappa shape index (κ1) is 18.0. The Morgan fingerprint density at radius 3 is 2.64 bits per heavy atom. The van der Waals surface area contributed by atoms with Crippen LogP contribution in [0.15, 0.2) is 36.5 Å². The van der Waals surface area contributed by atoms with E-state index in [1.165, 1.54) is 5.56 Å². The topological polar surface area (TPSA) is 83.8 Å². The van der Waals surface area contributed by atoms with Crippen LogP contribution < -0.4 is 11.1 Å². The van der Waals surface area contributed by atoms with Crippen molar-refractivity contribution in [2.24, 2.45) is 0 Å². The van der Waals surface area contributed by atoms with Crippen molar-refractivity contribution >= 4 is 24.3 Å². The zero-order chi connectivity index (χ0) is 14.9. The van der Waals surface area contributed by atoms with E-state index in [4.69, 9.17) is 5.73 Å². The first-order valence-corrected chi connectivity index (χ1v) is 7.34. The molecule has 0 aliphatic rings. The van der Waals surface area contributed by atoms with Crippen molar-refractivity contribution in [3.05, 3.63) is 47.8 Å². The molecule has 22 heavy (non-hydrogen) atoms. The molecule has 6 heteroatoms. The molecule has 0 fully saturated rings. The highest BCUT2D eigenvalue weighted by molar-refractivity contribution is 5.85. The van der Waals surface area contributed by atoms with Crippen molar-refractivity contribution in [1.29, 1.82) is 0 Å². The van der Waals surface area contributed by atoms with Gasteiger partial charge in [-0.25, -0.2) is 4.98 Å². The van der Waals surface area contributed by atoms with Gasteiger partial charge in [-0.15, -0.1) is 12.4 Å². The molecule has 0 unspecified atom stereocenters. The van der Waals surface area contributed by atoms with Crippen molar-refractivity contribution < 1.29 is 4.79 Å². The summed E-state index contributed by atoms with van der Waals surface area (Å²) >= 11 is 0. The average molecular weight is 323 g/mol. The van der Waals surface area contributed by atoms with Gasteiger partial charge < -0.3 is 16.0 Å². The van der Waals surface area contributed by atoms with Gasteiger partial charge in [0, 0.05) is 18.7 Å². The Hall–Kier alpha value is -2.01. The fraction of sp³-hybridized carbons (Fsp3) is 0.375. The molecule has 0 aliphatic heterocycles. The van der Waals surface area contributed by atoms with Gasteiger partial charge in [-0.1, -0.05) is 30.3 Å². The Labute approximate surface area is 137 Å². The second kappa shape index (κ2) is 9.84. The molecule has 2 rings (SSSR count). The number of nitrogens with two attached hydrogens (primary N) is 1. The molecule has 0 spiro atoms. The number of benzene rings is 1. The van der Waals surface area contributed by atoms with E-state index in [0.29, 0.717) is 18.8 Å². The number of nitrogen functional groups attached to an aromatic ring is 1. The Bertz CT molecular complexity index is 556. The van der Waals surface area contributed by atoms with Crippen LogP contribution in [0.5, 0.6) is 0 Å². The largest absolute Gasteiger partial charge is 0.369 e. The number of amides is 1. The van der Waals surface area contributed by atoms with Gasteiger partial charge in [-0.2, -0.15) is 0 Å². The zero-order valence-electron chi connectivity index (χ0n) is 12.5. The van der Waals surface area contributed by atoms with E-state index in [0.717, 1.165) is 31.5 Å². The molecule has 5 nitrogen and oxygen atoms in total. The quantitative estimate of drug-likeness (QED) is 0.653. The van der Waals surface area contributed by atoms with E-state index < -0.39 is 0 Å². The fourth-order valence-corrected chi connectivity index (χ4v) is 2.17. The number of imidazole rings is 1. The number of aromatic amines is 1. The lowest BCUT2D eigenvalue weighted by Crippen LogP contribution is -2.24. The van der Waals surface area contributed by atoms with E-state index in [2.05, 4.69) is 39.6 Å². The summed E-state index contributed by atoms with van der Waals surface area (Å²) in [7, 11) is 0. The molecule has 1 heterocycles. The van der Waals surface area contributed by atoms with Crippen molar-refractivity contribution in [1.82, 2.24) is 15.3 Å². The first-order valence-electron chi connectivity index (χ1n) is 7.34. The molecule has 0 bridgehead atoms. The predicted octanol–water partition coefficient (Wildman–Crippen LogP) is 2.49. The lowest BCUT2D eigenvalue weighted by atomic mass is 10.1. The number of hydrogen-bond donors (Lipinski definition) is 3. The van der Waals surface area contributed by atoms with Gasteiger partial charge in [0.25, 0.3) is 0 Å². The number of nitrogens with zero attached hydrogens (tertiary/aromatic N) is 1. The molecule has 1 amide bonds. The summed E-state index contributed by atoms with van der Waals surface area (Å²) in [5.74, 6) is 0.467. The molecule has 0 atom stereocenters. The minimum Gasteiger partial charge on any atom is -0.369 e. The SMILES string of the molecule is Cl.Nc1ncc(CCC(=O)NCCCCc2ccccc2)[nH]1. The maximum absolute atomic E-state index is 11.7. The van der Waals surface area contributed by atoms with Crippen molar-refractivity contribution in [2.75, 3.05) is 12.3 Å². The summed E-state index contributed by atoms with van der Waals surface area (Å²) < 4.78 is 0. The van der Waals surface area contributed by atoms with Gasteiger partial charge >= 0.3 is 0 Å². The minimum atomic E-state index is 0. The Kier molecular flexibility index (Phi) is 8.07. The average Bonchev–Trinajstić information content (AvgIpc) is 2.91. The van der Waals surface area contributed by atoms with E-state index in [9.17, 15) is 4.79 Å². The summed E-state index contributed by atoms with van der Waals surface area (Å²) in [6.45, 7) is 0.733. The second-order valence-electron chi connectivity index (χ2n) is 5.09. The number of hydrogen-bond acceptors (Lipinski definition) is 3. The highest BCUT2D eigenvalue weighted by Crippen LogP contribution is 2.04. The van der Waals surface area contributed by atoms with Crippen LogP contribution >= 0.6 is 12.4 Å². The number of anilines is 1. The number of unbranched alkanes of at least 4 members (excludes halogenated alkanes) is 1. The number of aromatic nitrogens is 2. The molecule has 0 saturated heterocycles. The van der Waals surface area contributed by atoms with Crippen molar-refractivity contribution in [3.63, 3.8) is 0 Å². The minimum absolute atomic E-state index is 0. The lowest BCUT2D eigenvalue weighted by molar-refractivity contribution is -0.121. The van der Waals surface area contributed by atoms with E-state index in [-0.39, 0.29) is 18.3 Å². The number of halogens is 1. The summed E-state index contributed by atoms with van der Waals surface area (Å²) in [4.78, 5) is 18.5. The Balaban J connectivity index is 0.00000242. The third-order valence-electron chi connectivity index (χ3n) is 3.33. The van der Waals surface area contributed by atoms with Gasteiger partial charge in [0.2, 0.25) is 5.91 Å². The first-order chi connectivity index (χ1) is 10.2. The maximum Gasteiger partial charge on any atom is 0.220 e. The molecule has 2 aromatic rings. The summed E-state index contributed by atoms with van der Waals surface area (Å²) in [5, 5.41) is 2.94. The predicted molar refractivity (Wildman–Crippen MR) is 91.0 cm³/mol. The van der Waals surface area contributed by atoms with Crippen LogP contribution in [-0.2, 0) is 17.6 Å². The van der Waals surface area contributed by atoms with Crippen LogP contribution in [0.25, 0.3) is 0 Å². The smallest absolute Gasteiger partial charge is 0.220 e. The van der Waals surface area contributed by atoms with Crippen molar-refractivity contribution in [3.8, 4) is 0 Å². The van der Waals surface area contributed by atoms with E-state index in [1.807, 2.05) is 6.07 Å². The molecule has 4 N–H and O–H groups in total. The maximum atomic E-state index is 11.7. The molecule has 0 aliphatic carbocycles. The number of H-pyrrole nitrogens is 1. The van der Waals surface area contributed by atoms with Crippen LogP contribution in [0, 0.1) is 0 Å². The molecular formula is C16H23ClN4O. The number of nitrogens with one attached hydrogen (secondary N) is 2. The van der Waals surface area contributed by atoms with Crippen LogP contribution in [0.3, 0.4) is 0 Å². The van der Waals surface area contributed by atoms with Gasteiger partial charge in [-0.3, -0.25) is 4.79 Å². The highest BCUT2D eigenvalue weighted by atomic mass is 35.5. The normalized spacial score (nSPS) is 10.0. The summed E-state index contributed by atoms with van der Waals surface area (Å²) in [6, 6.07) is 10.4. The molecule has 1 aromatic heterocycles. The molecule has 1 aromatic carbocycles. The Morgan fingerprint density at radius 2 is 1.95 bits per heavy atom. The number of carbonyl (C=O) groups excluding carboxylic acids is 1. The van der Waals surface area contributed by atoms with Crippen LogP contribution in [0.4, 0.5) is 5.95 Å². The van der Waals surface area contributed by atoms with Gasteiger partial charge in [0.05, 0.1) is 6.20 Å². The third-order valence-corrected chi connectivity index (χ3v) is 3.33. The Morgan fingerprint density at radius 1 is 1.18 bits per heavy atom. The molecule has 0 saturated carbocycles. The molecular weight excluding hydrogens is 300 g/mol. The number of carbonyl (C=O) groups is 1. The van der Waals surface area contributed by atoms with Gasteiger partial charge in [0.15, 0.2) is 5.95 Å². The third kappa shape index (κ3) is 6.63. The molecule has 0 radical (unpaired) electrons. The monoisotopic (exact) mass is 322 g/mol.